The van der Waals surface area contributed by atoms with Crippen molar-refractivity contribution in [3.05, 3.63) is 74.8 Å². The Morgan fingerprint density at radius 1 is 1.09 bits per heavy atom. The molecule has 1 saturated heterocycles. The molecule has 1 aliphatic rings. The third kappa shape index (κ3) is 6.33. The number of ketones is 1. The van der Waals surface area contributed by atoms with Crippen molar-refractivity contribution in [2.24, 2.45) is 5.92 Å². The van der Waals surface area contributed by atoms with Crippen LogP contribution in [0.3, 0.4) is 0 Å². The van der Waals surface area contributed by atoms with Crippen molar-refractivity contribution < 1.29 is 35.2 Å². The lowest BCUT2D eigenvalue weighted by Gasteiger charge is -2.25. The predicted octanol–water partition coefficient (Wildman–Crippen LogP) is 6.64. The molecule has 0 radical (unpaired) electrons. The zero-order valence-corrected chi connectivity index (χ0v) is 19.1. The number of halogens is 7. The van der Waals surface area contributed by atoms with Crippen LogP contribution >= 0.6 is 23.2 Å². The van der Waals surface area contributed by atoms with Crippen LogP contribution < -0.4 is 0 Å². The van der Waals surface area contributed by atoms with Gasteiger partial charge in [0.2, 0.25) is 0 Å². The Hall–Kier alpha value is -1.97. The zero-order chi connectivity index (χ0) is 24.6. The first-order valence-corrected chi connectivity index (χ1v) is 12.3. The molecule has 1 fully saturated rings. The molecular formula is C22H17Cl2F5O3S. The summed E-state index contributed by atoms with van der Waals surface area (Å²) in [6.45, 7) is 0. The van der Waals surface area contributed by atoms with E-state index in [1.165, 1.54) is 12.1 Å². The van der Waals surface area contributed by atoms with Crippen molar-refractivity contribution in [1.82, 2.24) is 0 Å². The number of hydrogen-bond acceptors (Lipinski definition) is 3. The smallest absolute Gasteiger partial charge is 0.294 e. The molecule has 1 atom stereocenters. The number of allylic oxidation sites excluding steroid dienone is 1. The summed E-state index contributed by atoms with van der Waals surface area (Å²) in [6, 6.07) is 5.03. The fourth-order valence-electron chi connectivity index (χ4n) is 3.54. The quantitative estimate of drug-likeness (QED) is 0.231. The number of benzene rings is 2. The summed E-state index contributed by atoms with van der Waals surface area (Å²) in [5.41, 5.74) is -0.540. The van der Waals surface area contributed by atoms with E-state index in [-0.39, 0.29) is 40.5 Å². The first kappa shape index (κ1) is 25.6. The van der Waals surface area contributed by atoms with Crippen LogP contribution in [0.5, 0.6) is 0 Å². The summed E-state index contributed by atoms with van der Waals surface area (Å²) in [7, 11) is -3.01. The predicted molar refractivity (Wildman–Crippen MR) is 116 cm³/mol. The maximum Gasteiger partial charge on any atom is 0.399 e. The molecule has 1 aliphatic heterocycles. The van der Waals surface area contributed by atoms with Crippen LogP contribution in [0.15, 0.2) is 36.4 Å². The van der Waals surface area contributed by atoms with E-state index in [1.807, 2.05) is 0 Å². The van der Waals surface area contributed by atoms with E-state index >= 15 is 0 Å². The minimum Gasteiger partial charge on any atom is -0.294 e. The molecule has 2 aromatic rings. The van der Waals surface area contributed by atoms with Crippen molar-refractivity contribution in [3.63, 3.8) is 0 Å². The molecule has 2 aromatic carbocycles. The van der Waals surface area contributed by atoms with Crippen molar-refractivity contribution >= 4 is 44.9 Å². The number of carbonyl (C=O) groups is 1. The van der Waals surface area contributed by atoms with E-state index in [0.29, 0.717) is 6.42 Å². The molecular weight excluding hydrogens is 510 g/mol. The van der Waals surface area contributed by atoms with Gasteiger partial charge in [-0.1, -0.05) is 41.4 Å². The topological polar surface area (TPSA) is 51.2 Å². The standard InChI is InChI=1S/C22H17Cl2F5O3S/c23-17-8-14(9-18(24)21(17)26)16(22(27,28)29)5-2-12-1-4-15(19(25)7-12)20(30)6-3-13-10-33(31,32)11-13/h1-2,4-5,7-9,13,16H,3,6,10-11H2/b5-2+. The Bertz CT molecular complexity index is 1170. The first-order chi connectivity index (χ1) is 15.3. The number of rotatable bonds is 7. The molecule has 0 spiro atoms. The molecule has 1 heterocycles. The van der Waals surface area contributed by atoms with Gasteiger partial charge in [-0.2, -0.15) is 13.2 Å². The Morgan fingerprint density at radius 2 is 1.70 bits per heavy atom. The zero-order valence-electron chi connectivity index (χ0n) is 16.8. The monoisotopic (exact) mass is 526 g/mol. The summed E-state index contributed by atoms with van der Waals surface area (Å²) in [6.07, 6.45) is -2.69. The summed E-state index contributed by atoms with van der Waals surface area (Å²) < 4.78 is 91.0. The van der Waals surface area contributed by atoms with Crippen LogP contribution in [0, 0.1) is 17.6 Å². The molecule has 0 saturated carbocycles. The molecule has 1 unspecified atom stereocenters. The largest absolute Gasteiger partial charge is 0.399 e. The molecule has 0 aliphatic carbocycles. The van der Waals surface area contributed by atoms with Gasteiger partial charge in [0.25, 0.3) is 0 Å². The highest BCUT2D eigenvalue weighted by Gasteiger charge is 2.39. The summed E-state index contributed by atoms with van der Waals surface area (Å²) in [5.74, 6) is -4.74. The summed E-state index contributed by atoms with van der Waals surface area (Å²) in [5, 5.41) is -1.12. The van der Waals surface area contributed by atoms with Gasteiger partial charge in [-0.15, -0.1) is 0 Å². The lowest BCUT2D eigenvalue weighted by atomic mass is 9.96. The van der Waals surface area contributed by atoms with Gasteiger partial charge >= 0.3 is 6.18 Å². The van der Waals surface area contributed by atoms with Crippen molar-refractivity contribution in [3.8, 4) is 0 Å². The molecule has 3 nitrogen and oxygen atoms in total. The SMILES string of the molecule is O=C(CCC1CS(=O)(=O)C1)c1ccc(/C=C/C(c2cc(Cl)c(F)c(Cl)c2)C(F)(F)F)cc1F. The van der Waals surface area contributed by atoms with Crippen LogP contribution in [-0.4, -0.2) is 31.9 Å². The van der Waals surface area contributed by atoms with Crippen molar-refractivity contribution in [2.75, 3.05) is 11.5 Å². The maximum absolute atomic E-state index is 14.4. The van der Waals surface area contributed by atoms with Gasteiger partial charge in [0.05, 0.1) is 33.0 Å². The van der Waals surface area contributed by atoms with Crippen LogP contribution in [-0.2, 0) is 9.84 Å². The van der Waals surface area contributed by atoms with E-state index < -0.39 is 49.4 Å². The van der Waals surface area contributed by atoms with Gasteiger partial charge in [-0.3, -0.25) is 4.79 Å². The number of Topliss-reactive ketones (excluding diaryl/α,β-unsaturated/α-hetero) is 1. The molecule has 178 valence electrons. The van der Waals surface area contributed by atoms with Crippen molar-refractivity contribution in [2.45, 2.75) is 24.9 Å². The van der Waals surface area contributed by atoms with Gasteiger partial charge in [-0.25, -0.2) is 17.2 Å². The minimum atomic E-state index is -4.76. The summed E-state index contributed by atoms with van der Waals surface area (Å²) in [4.78, 5) is 12.2. The average Bonchev–Trinajstić information content (AvgIpc) is 2.67. The molecule has 0 amide bonds. The van der Waals surface area contributed by atoms with Gasteiger partial charge in [-0.05, 0) is 47.7 Å². The van der Waals surface area contributed by atoms with Crippen LogP contribution in [0.2, 0.25) is 10.0 Å². The van der Waals surface area contributed by atoms with Crippen molar-refractivity contribution in [1.29, 1.82) is 0 Å². The summed E-state index contributed by atoms with van der Waals surface area (Å²) >= 11 is 11.2. The normalized spacial score (nSPS) is 17.2. The van der Waals surface area contributed by atoms with E-state index in [4.69, 9.17) is 23.2 Å². The first-order valence-electron chi connectivity index (χ1n) is 9.69. The fourth-order valence-corrected chi connectivity index (χ4v) is 5.71. The third-order valence-corrected chi connectivity index (χ3v) is 7.76. The number of sulfone groups is 1. The second-order valence-electron chi connectivity index (χ2n) is 7.82. The Balaban J connectivity index is 1.75. The number of alkyl halides is 3. The second kappa shape index (κ2) is 9.72. The number of hydrogen-bond donors (Lipinski definition) is 0. The van der Waals surface area contributed by atoms with E-state index in [0.717, 1.165) is 30.4 Å². The average molecular weight is 527 g/mol. The second-order valence-corrected chi connectivity index (χ2v) is 10.8. The van der Waals surface area contributed by atoms with E-state index in [1.54, 1.807) is 0 Å². The molecule has 33 heavy (non-hydrogen) atoms. The minimum absolute atomic E-state index is 0.0113. The van der Waals surface area contributed by atoms with Gasteiger partial charge < -0.3 is 0 Å². The Labute approximate surface area is 197 Å². The molecule has 11 heteroatoms. The lowest BCUT2D eigenvalue weighted by Crippen LogP contribution is -2.36. The van der Waals surface area contributed by atoms with E-state index in [2.05, 4.69) is 0 Å². The molecule has 0 aromatic heterocycles. The van der Waals surface area contributed by atoms with Crippen LogP contribution in [0.25, 0.3) is 6.08 Å². The van der Waals surface area contributed by atoms with Gasteiger partial charge in [0.15, 0.2) is 21.4 Å². The highest BCUT2D eigenvalue weighted by molar-refractivity contribution is 7.92. The Kier molecular flexibility index (Phi) is 7.55. The fraction of sp³-hybridized carbons (Fsp3) is 0.318. The molecule has 0 bridgehead atoms. The van der Waals surface area contributed by atoms with Crippen LogP contribution in [0.4, 0.5) is 22.0 Å². The van der Waals surface area contributed by atoms with E-state index in [9.17, 15) is 35.2 Å². The van der Waals surface area contributed by atoms with Gasteiger partial charge in [0.1, 0.15) is 5.82 Å². The molecule has 0 N–H and O–H groups in total. The number of carbonyl (C=O) groups excluding carboxylic acids is 1. The molecule has 3 rings (SSSR count). The maximum atomic E-state index is 14.4. The highest BCUT2D eigenvalue weighted by Crippen LogP contribution is 2.39. The Morgan fingerprint density at radius 3 is 2.21 bits per heavy atom. The van der Waals surface area contributed by atoms with Gasteiger partial charge in [0, 0.05) is 6.42 Å². The highest BCUT2D eigenvalue weighted by atomic mass is 35.5. The lowest BCUT2D eigenvalue weighted by molar-refractivity contribution is -0.139. The third-order valence-electron chi connectivity index (χ3n) is 5.25. The van der Waals surface area contributed by atoms with Crippen LogP contribution in [0.1, 0.15) is 40.2 Å².